The molecule has 0 aliphatic carbocycles. The van der Waals surface area contributed by atoms with Gasteiger partial charge in [0.05, 0.1) is 5.69 Å². The van der Waals surface area contributed by atoms with Crippen molar-refractivity contribution in [3.05, 3.63) is 65.4 Å². The van der Waals surface area contributed by atoms with E-state index in [1.54, 1.807) is 6.92 Å². The number of hydrogen-bond acceptors (Lipinski definition) is 1. The highest BCUT2D eigenvalue weighted by Crippen LogP contribution is 2.29. The normalized spacial score (nSPS) is 10.8. The molecule has 0 amide bonds. The Morgan fingerprint density at radius 2 is 1.84 bits per heavy atom. The van der Waals surface area contributed by atoms with Crippen molar-refractivity contribution >= 4 is 22.9 Å². The standard InChI is InChI=1S/C16H12ClNO/c1-11(19)16-15(12-5-7-13(17)8-6-12)10-14-4-2-3-9-18(14)16/h2-10H,1H3. The summed E-state index contributed by atoms with van der Waals surface area (Å²) in [7, 11) is 0. The van der Waals surface area contributed by atoms with E-state index in [0.29, 0.717) is 10.7 Å². The average molecular weight is 270 g/mol. The van der Waals surface area contributed by atoms with Crippen molar-refractivity contribution in [3.8, 4) is 11.1 Å². The van der Waals surface area contributed by atoms with Crippen LogP contribution in [0.4, 0.5) is 0 Å². The summed E-state index contributed by atoms with van der Waals surface area (Å²) in [5.74, 6) is 0.0520. The molecule has 0 aliphatic rings. The number of fused-ring (bicyclic) bond motifs is 1. The molecular weight excluding hydrogens is 258 g/mol. The predicted octanol–water partition coefficient (Wildman–Crippen LogP) is 4.46. The topological polar surface area (TPSA) is 21.5 Å². The number of benzene rings is 1. The molecule has 3 rings (SSSR count). The molecule has 94 valence electrons. The molecule has 0 bridgehead atoms. The molecule has 0 fully saturated rings. The van der Waals surface area contributed by atoms with E-state index in [1.807, 2.05) is 59.1 Å². The Bertz CT molecular complexity index is 756. The van der Waals surface area contributed by atoms with E-state index in [4.69, 9.17) is 11.6 Å². The van der Waals surface area contributed by atoms with Gasteiger partial charge in [-0.1, -0.05) is 29.8 Å². The van der Waals surface area contributed by atoms with E-state index in [0.717, 1.165) is 16.6 Å². The van der Waals surface area contributed by atoms with Crippen LogP contribution in [0.15, 0.2) is 54.7 Å². The van der Waals surface area contributed by atoms with Gasteiger partial charge in [-0.2, -0.15) is 0 Å². The summed E-state index contributed by atoms with van der Waals surface area (Å²) in [6, 6.07) is 15.4. The molecule has 0 atom stereocenters. The fraction of sp³-hybridized carbons (Fsp3) is 0.0625. The summed E-state index contributed by atoms with van der Waals surface area (Å²) in [5, 5.41) is 0.692. The number of rotatable bonds is 2. The second-order valence-corrected chi connectivity index (χ2v) is 4.90. The molecule has 0 radical (unpaired) electrons. The lowest BCUT2D eigenvalue weighted by atomic mass is 10.0. The lowest BCUT2D eigenvalue weighted by Gasteiger charge is -2.03. The quantitative estimate of drug-likeness (QED) is 0.629. The lowest BCUT2D eigenvalue weighted by Crippen LogP contribution is -2.00. The van der Waals surface area contributed by atoms with E-state index < -0.39 is 0 Å². The van der Waals surface area contributed by atoms with Gasteiger partial charge in [-0.15, -0.1) is 0 Å². The van der Waals surface area contributed by atoms with Gasteiger partial charge < -0.3 is 4.40 Å². The fourth-order valence-electron chi connectivity index (χ4n) is 2.33. The van der Waals surface area contributed by atoms with Crippen LogP contribution in [-0.2, 0) is 0 Å². The Kier molecular flexibility index (Phi) is 2.88. The number of halogens is 1. The van der Waals surface area contributed by atoms with Crippen LogP contribution in [0.5, 0.6) is 0 Å². The Labute approximate surface area is 116 Å². The summed E-state index contributed by atoms with van der Waals surface area (Å²) in [5.41, 5.74) is 3.66. The summed E-state index contributed by atoms with van der Waals surface area (Å²) in [6.45, 7) is 1.59. The summed E-state index contributed by atoms with van der Waals surface area (Å²) >= 11 is 5.91. The van der Waals surface area contributed by atoms with E-state index in [1.165, 1.54) is 0 Å². The Morgan fingerprint density at radius 1 is 1.11 bits per heavy atom. The van der Waals surface area contributed by atoms with Gasteiger partial charge in [0, 0.05) is 29.2 Å². The monoisotopic (exact) mass is 269 g/mol. The third-order valence-corrected chi connectivity index (χ3v) is 3.42. The molecule has 1 aromatic carbocycles. The smallest absolute Gasteiger partial charge is 0.177 e. The number of nitrogens with zero attached hydrogens (tertiary/aromatic N) is 1. The van der Waals surface area contributed by atoms with Crippen molar-refractivity contribution in [1.82, 2.24) is 4.40 Å². The van der Waals surface area contributed by atoms with E-state index in [2.05, 4.69) is 0 Å². The largest absolute Gasteiger partial charge is 0.313 e. The maximum Gasteiger partial charge on any atom is 0.177 e. The van der Waals surface area contributed by atoms with Crippen molar-refractivity contribution in [2.24, 2.45) is 0 Å². The number of aromatic nitrogens is 1. The first-order valence-corrected chi connectivity index (χ1v) is 6.41. The van der Waals surface area contributed by atoms with Gasteiger partial charge in [0.2, 0.25) is 0 Å². The number of pyridine rings is 1. The molecule has 3 aromatic rings. The number of ketones is 1. The molecule has 0 saturated carbocycles. The first kappa shape index (κ1) is 12.0. The average Bonchev–Trinajstić information content (AvgIpc) is 2.78. The first-order valence-electron chi connectivity index (χ1n) is 6.04. The molecule has 0 aliphatic heterocycles. The first-order chi connectivity index (χ1) is 9.16. The number of hydrogen-bond donors (Lipinski definition) is 0. The highest BCUT2D eigenvalue weighted by Gasteiger charge is 2.15. The maximum atomic E-state index is 11.9. The Hall–Kier alpha value is -2.06. The maximum absolute atomic E-state index is 11.9. The molecular formula is C16H12ClNO. The van der Waals surface area contributed by atoms with Crippen LogP contribution < -0.4 is 0 Å². The van der Waals surface area contributed by atoms with Gasteiger partial charge in [-0.25, -0.2) is 0 Å². The summed E-state index contributed by atoms with van der Waals surface area (Å²) < 4.78 is 1.92. The molecule has 0 saturated heterocycles. The van der Waals surface area contributed by atoms with Crippen molar-refractivity contribution in [1.29, 1.82) is 0 Å². The highest BCUT2D eigenvalue weighted by atomic mass is 35.5. The molecule has 2 heterocycles. The van der Waals surface area contributed by atoms with E-state index in [-0.39, 0.29) is 5.78 Å². The number of carbonyl (C=O) groups excluding carboxylic acids is 1. The summed E-state index contributed by atoms with van der Waals surface area (Å²) in [4.78, 5) is 11.9. The molecule has 19 heavy (non-hydrogen) atoms. The molecule has 0 unspecified atom stereocenters. The van der Waals surface area contributed by atoms with Crippen molar-refractivity contribution in [3.63, 3.8) is 0 Å². The van der Waals surface area contributed by atoms with Crippen molar-refractivity contribution in [2.75, 3.05) is 0 Å². The van der Waals surface area contributed by atoms with Gasteiger partial charge in [0.25, 0.3) is 0 Å². The minimum atomic E-state index is 0.0520. The molecule has 2 nitrogen and oxygen atoms in total. The van der Waals surface area contributed by atoms with Crippen LogP contribution in [0.1, 0.15) is 17.4 Å². The fourth-order valence-corrected chi connectivity index (χ4v) is 2.46. The number of Topliss-reactive ketones (excluding diaryl/α,β-unsaturated/α-hetero) is 1. The second kappa shape index (κ2) is 4.56. The SMILES string of the molecule is CC(=O)c1c(-c2ccc(Cl)cc2)cc2ccccn12. The van der Waals surface area contributed by atoms with Crippen LogP contribution in [0.2, 0.25) is 5.02 Å². The van der Waals surface area contributed by atoms with Crippen molar-refractivity contribution < 1.29 is 4.79 Å². The third-order valence-electron chi connectivity index (χ3n) is 3.17. The second-order valence-electron chi connectivity index (χ2n) is 4.47. The molecule has 2 aromatic heterocycles. The van der Waals surface area contributed by atoms with Crippen LogP contribution in [0, 0.1) is 0 Å². The summed E-state index contributed by atoms with van der Waals surface area (Å²) in [6.07, 6.45) is 1.91. The highest BCUT2D eigenvalue weighted by molar-refractivity contribution is 6.30. The van der Waals surface area contributed by atoms with E-state index >= 15 is 0 Å². The molecule has 3 heteroatoms. The minimum Gasteiger partial charge on any atom is -0.313 e. The van der Waals surface area contributed by atoms with Crippen LogP contribution in [0.3, 0.4) is 0 Å². The third kappa shape index (κ3) is 2.04. The zero-order chi connectivity index (χ0) is 13.4. The van der Waals surface area contributed by atoms with Gasteiger partial charge in [-0.3, -0.25) is 4.79 Å². The van der Waals surface area contributed by atoms with E-state index in [9.17, 15) is 4.79 Å². The van der Waals surface area contributed by atoms with Gasteiger partial charge >= 0.3 is 0 Å². The zero-order valence-corrected chi connectivity index (χ0v) is 11.2. The Morgan fingerprint density at radius 3 is 2.53 bits per heavy atom. The predicted molar refractivity (Wildman–Crippen MR) is 77.8 cm³/mol. The Balaban J connectivity index is 2.31. The molecule has 0 spiro atoms. The minimum absolute atomic E-state index is 0.0520. The van der Waals surface area contributed by atoms with Crippen molar-refractivity contribution in [2.45, 2.75) is 6.92 Å². The zero-order valence-electron chi connectivity index (χ0n) is 10.4. The van der Waals surface area contributed by atoms with Crippen LogP contribution in [0.25, 0.3) is 16.6 Å². The van der Waals surface area contributed by atoms with Gasteiger partial charge in [-0.05, 0) is 35.9 Å². The van der Waals surface area contributed by atoms with Gasteiger partial charge in [0.1, 0.15) is 0 Å². The number of carbonyl (C=O) groups is 1. The van der Waals surface area contributed by atoms with Crippen LogP contribution >= 0.6 is 11.6 Å². The lowest BCUT2D eigenvalue weighted by molar-refractivity contribution is 0.101. The van der Waals surface area contributed by atoms with Crippen LogP contribution in [-0.4, -0.2) is 10.2 Å². The molecule has 0 N–H and O–H groups in total. The van der Waals surface area contributed by atoms with Gasteiger partial charge in [0.15, 0.2) is 5.78 Å².